The second kappa shape index (κ2) is 6.78. The highest BCUT2D eigenvalue weighted by Gasteiger charge is 2.43. The predicted octanol–water partition coefficient (Wildman–Crippen LogP) is -0.804. The molecule has 0 saturated heterocycles. The summed E-state index contributed by atoms with van der Waals surface area (Å²) in [5.41, 5.74) is -0.870. The van der Waals surface area contributed by atoms with Crippen LogP contribution in [0.3, 0.4) is 0 Å². The Morgan fingerprint density at radius 1 is 1.30 bits per heavy atom. The van der Waals surface area contributed by atoms with Crippen LogP contribution >= 0.6 is 11.9 Å². The summed E-state index contributed by atoms with van der Waals surface area (Å²) in [4.78, 5) is 56.5. The average molecular weight is 355 g/mol. The zero-order valence-corrected chi connectivity index (χ0v) is 11.8. The molecule has 1 heterocycles. The molecule has 0 unspecified atom stereocenters. The van der Waals surface area contributed by atoms with Crippen LogP contribution in [0.1, 0.15) is 6.42 Å². The molecule has 1 aliphatic rings. The van der Waals surface area contributed by atoms with Gasteiger partial charge in [-0.1, -0.05) is 0 Å². The molecule has 0 aromatic carbocycles. The number of alkyl halides is 3. The lowest BCUT2D eigenvalue weighted by Crippen LogP contribution is -2.40. The van der Waals surface area contributed by atoms with Crippen LogP contribution in [0.5, 0.6) is 0 Å². The number of hydrogen-bond acceptors (Lipinski definition) is 7. The van der Waals surface area contributed by atoms with Crippen LogP contribution in [0.15, 0.2) is 11.6 Å². The normalized spacial score (nSPS) is 14.8. The summed E-state index contributed by atoms with van der Waals surface area (Å²) in [6.07, 6.45) is -5.33. The molecule has 1 rings (SSSR count). The standard InChI is InChI=1S/C10H8F3N3O6S/c11-10(12,13)9(22)23-16(14)8(21)4-3-5(17)15(7(4)20)2-1-6(18)19/h3H,1-2,14H2,(H,18,19). The van der Waals surface area contributed by atoms with E-state index >= 15 is 0 Å². The molecular formula is C10H8F3N3O6S. The van der Waals surface area contributed by atoms with Crippen molar-refractivity contribution in [3.05, 3.63) is 11.6 Å². The second-order valence-corrected chi connectivity index (χ2v) is 4.95. The Morgan fingerprint density at radius 3 is 2.35 bits per heavy atom. The Morgan fingerprint density at radius 2 is 1.87 bits per heavy atom. The highest BCUT2D eigenvalue weighted by molar-refractivity contribution is 8.12. The van der Waals surface area contributed by atoms with E-state index in [1.54, 1.807) is 0 Å². The number of carboxylic acid groups (broad SMARTS) is 1. The molecule has 0 bridgehead atoms. The zero-order chi connectivity index (χ0) is 17.9. The Balaban J connectivity index is 2.79. The fraction of sp³-hybridized carbons (Fsp3) is 0.300. The van der Waals surface area contributed by atoms with Crippen molar-refractivity contribution >= 4 is 40.8 Å². The number of carbonyl (C=O) groups is 5. The fourth-order valence-corrected chi connectivity index (χ4v) is 1.85. The molecule has 3 amide bonds. The minimum atomic E-state index is -5.25. The van der Waals surface area contributed by atoms with E-state index < -0.39 is 65.5 Å². The summed E-state index contributed by atoms with van der Waals surface area (Å²) in [5, 5.41) is 6.08. The van der Waals surface area contributed by atoms with E-state index in [9.17, 15) is 37.1 Å². The first-order valence-corrected chi connectivity index (χ1v) is 6.40. The van der Waals surface area contributed by atoms with E-state index in [0.29, 0.717) is 11.0 Å². The summed E-state index contributed by atoms with van der Waals surface area (Å²) in [6, 6.07) is 0. The van der Waals surface area contributed by atoms with Gasteiger partial charge in [0.1, 0.15) is 5.57 Å². The topological polar surface area (TPSA) is 138 Å². The number of nitrogens with two attached hydrogens (primary N) is 1. The first-order valence-electron chi connectivity index (χ1n) is 5.62. The van der Waals surface area contributed by atoms with E-state index in [-0.39, 0.29) is 4.41 Å². The van der Waals surface area contributed by atoms with Gasteiger partial charge in [-0.3, -0.25) is 28.9 Å². The lowest BCUT2D eigenvalue weighted by molar-refractivity contribution is -0.160. The van der Waals surface area contributed by atoms with Gasteiger partial charge in [0, 0.05) is 12.6 Å². The van der Waals surface area contributed by atoms with Gasteiger partial charge in [0.15, 0.2) is 0 Å². The summed E-state index contributed by atoms with van der Waals surface area (Å²) in [7, 11) is 0. The van der Waals surface area contributed by atoms with Crippen molar-refractivity contribution in [1.82, 2.24) is 9.31 Å². The number of imide groups is 1. The van der Waals surface area contributed by atoms with Gasteiger partial charge in [-0.05, 0) is 0 Å². The van der Waals surface area contributed by atoms with Crippen LogP contribution in [-0.2, 0) is 24.0 Å². The summed E-state index contributed by atoms with van der Waals surface area (Å²) < 4.78 is 36.0. The van der Waals surface area contributed by atoms with Gasteiger partial charge in [0.25, 0.3) is 17.7 Å². The monoisotopic (exact) mass is 355 g/mol. The lowest BCUT2D eigenvalue weighted by Gasteiger charge is -2.16. The van der Waals surface area contributed by atoms with E-state index in [1.807, 2.05) is 0 Å². The van der Waals surface area contributed by atoms with Gasteiger partial charge < -0.3 is 5.11 Å². The number of rotatable bonds is 4. The first-order chi connectivity index (χ1) is 10.4. The second-order valence-electron chi connectivity index (χ2n) is 4.00. The molecule has 0 aliphatic carbocycles. The van der Waals surface area contributed by atoms with Crippen LogP contribution in [0.4, 0.5) is 13.2 Å². The summed E-state index contributed by atoms with van der Waals surface area (Å²) in [6.45, 7) is -0.528. The number of hydrogen-bond donors (Lipinski definition) is 2. The maximum absolute atomic E-state index is 12.1. The largest absolute Gasteiger partial charge is 0.481 e. The number of nitrogens with zero attached hydrogens (tertiary/aromatic N) is 2. The minimum absolute atomic E-state index is 0.229. The third-order valence-corrected chi connectivity index (χ3v) is 3.16. The molecule has 126 valence electrons. The van der Waals surface area contributed by atoms with Crippen molar-refractivity contribution < 1.29 is 42.3 Å². The van der Waals surface area contributed by atoms with Gasteiger partial charge in [-0.25, -0.2) is 10.3 Å². The lowest BCUT2D eigenvalue weighted by atomic mass is 10.2. The van der Waals surface area contributed by atoms with Crippen molar-refractivity contribution in [1.29, 1.82) is 0 Å². The van der Waals surface area contributed by atoms with Crippen LogP contribution < -0.4 is 5.84 Å². The molecule has 0 radical (unpaired) electrons. The van der Waals surface area contributed by atoms with E-state index in [4.69, 9.17) is 10.9 Å². The van der Waals surface area contributed by atoms with Crippen molar-refractivity contribution in [3.63, 3.8) is 0 Å². The van der Waals surface area contributed by atoms with Gasteiger partial charge in [-0.15, -0.1) is 0 Å². The molecule has 0 fully saturated rings. The SMILES string of the molecule is NN(SC(=O)C(F)(F)F)C(=O)C1=CC(=O)N(CCC(=O)O)C1=O. The zero-order valence-electron chi connectivity index (χ0n) is 11.0. The van der Waals surface area contributed by atoms with E-state index in [1.165, 1.54) is 0 Å². The van der Waals surface area contributed by atoms with Gasteiger partial charge in [0.2, 0.25) is 0 Å². The van der Waals surface area contributed by atoms with Crippen molar-refractivity contribution in [2.45, 2.75) is 12.6 Å². The van der Waals surface area contributed by atoms with E-state index in [0.717, 1.165) is 0 Å². The molecule has 9 nitrogen and oxygen atoms in total. The third-order valence-electron chi connectivity index (χ3n) is 2.40. The highest BCUT2D eigenvalue weighted by Crippen LogP contribution is 2.26. The molecule has 0 spiro atoms. The van der Waals surface area contributed by atoms with E-state index in [2.05, 4.69) is 0 Å². The number of carboxylic acids is 1. The Bertz CT molecular complexity index is 617. The molecule has 1 aliphatic heterocycles. The molecule has 0 aromatic heterocycles. The number of aliphatic carboxylic acids is 1. The Kier molecular flexibility index (Phi) is 5.50. The molecule has 0 aromatic rings. The first kappa shape index (κ1) is 18.6. The Hall–Kier alpha value is -2.41. The Labute approximate surface area is 130 Å². The summed E-state index contributed by atoms with van der Waals surface area (Å²) >= 11 is -0.695. The third kappa shape index (κ3) is 4.53. The van der Waals surface area contributed by atoms with Crippen molar-refractivity contribution in [2.75, 3.05) is 6.54 Å². The molecule has 23 heavy (non-hydrogen) atoms. The number of halogens is 3. The van der Waals surface area contributed by atoms with Gasteiger partial charge in [0.05, 0.1) is 18.4 Å². The molecular weight excluding hydrogens is 347 g/mol. The quantitative estimate of drug-likeness (QED) is 0.167. The number of hydrazine groups is 1. The molecule has 0 saturated carbocycles. The van der Waals surface area contributed by atoms with Gasteiger partial charge >= 0.3 is 17.3 Å². The number of carbonyl (C=O) groups excluding carboxylic acids is 4. The smallest absolute Gasteiger partial charge is 0.462 e. The van der Waals surface area contributed by atoms with Crippen molar-refractivity contribution in [3.8, 4) is 0 Å². The average Bonchev–Trinajstić information content (AvgIpc) is 2.69. The molecule has 3 N–H and O–H groups in total. The molecule has 0 atom stereocenters. The maximum atomic E-state index is 12.1. The van der Waals surface area contributed by atoms with Crippen LogP contribution in [0.25, 0.3) is 0 Å². The highest BCUT2D eigenvalue weighted by atomic mass is 32.2. The van der Waals surface area contributed by atoms with Crippen LogP contribution in [0, 0.1) is 0 Å². The van der Waals surface area contributed by atoms with Crippen LogP contribution in [0.2, 0.25) is 0 Å². The summed E-state index contributed by atoms with van der Waals surface area (Å²) in [5.74, 6) is -0.0509. The maximum Gasteiger partial charge on any atom is 0.462 e. The molecule has 13 heteroatoms. The fourth-order valence-electron chi connectivity index (χ4n) is 1.38. The van der Waals surface area contributed by atoms with Gasteiger partial charge in [-0.2, -0.15) is 13.2 Å². The van der Waals surface area contributed by atoms with Crippen molar-refractivity contribution in [2.24, 2.45) is 5.84 Å². The van der Waals surface area contributed by atoms with Crippen LogP contribution in [-0.4, -0.2) is 55.9 Å². The number of amides is 3. The predicted molar refractivity (Wildman–Crippen MR) is 66.7 cm³/mol. The minimum Gasteiger partial charge on any atom is -0.481 e.